The van der Waals surface area contributed by atoms with Crippen LogP contribution in [0.1, 0.15) is 5.56 Å². The van der Waals surface area contributed by atoms with Gasteiger partial charge in [-0.25, -0.2) is 4.98 Å². The molecule has 1 saturated heterocycles. The number of morpholine rings is 1. The van der Waals surface area contributed by atoms with Gasteiger partial charge in [-0.15, -0.1) is 0 Å². The zero-order chi connectivity index (χ0) is 22.3. The molecule has 1 aromatic heterocycles. The van der Waals surface area contributed by atoms with E-state index >= 15 is 0 Å². The molecule has 0 saturated carbocycles. The number of amides is 1. The van der Waals surface area contributed by atoms with Gasteiger partial charge < -0.3 is 19.3 Å². The lowest BCUT2D eigenvalue weighted by Crippen LogP contribution is -2.36. The first-order valence-corrected chi connectivity index (χ1v) is 11.6. The summed E-state index contributed by atoms with van der Waals surface area (Å²) in [6.07, 6.45) is 3.64. The molecule has 3 aromatic rings. The molecule has 1 aliphatic rings. The van der Waals surface area contributed by atoms with E-state index in [0.29, 0.717) is 12.3 Å². The van der Waals surface area contributed by atoms with Crippen molar-refractivity contribution < 1.29 is 14.3 Å². The topological polar surface area (TPSA) is 59.8 Å². The average molecular weight is 453 g/mol. The van der Waals surface area contributed by atoms with E-state index < -0.39 is 0 Å². The predicted molar refractivity (Wildman–Crippen MR) is 127 cm³/mol. The summed E-state index contributed by atoms with van der Waals surface area (Å²) in [6, 6.07) is 16.2. The highest BCUT2D eigenvalue weighted by molar-refractivity contribution is 7.99. The van der Waals surface area contributed by atoms with Crippen molar-refractivity contribution in [1.82, 2.24) is 14.5 Å². The number of anilines is 1. The van der Waals surface area contributed by atoms with Crippen LogP contribution >= 0.6 is 11.8 Å². The van der Waals surface area contributed by atoms with Gasteiger partial charge in [0.2, 0.25) is 5.91 Å². The average Bonchev–Trinajstić information content (AvgIpc) is 3.32. The van der Waals surface area contributed by atoms with Crippen LogP contribution in [-0.4, -0.2) is 66.6 Å². The van der Waals surface area contributed by atoms with E-state index in [2.05, 4.69) is 34.1 Å². The third-order valence-corrected chi connectivity index (χ3v) is 6.39. The van der Waals surface area contributed by atoms with Gasteiger partial charge >= 0.3 is 0 Å². The van der Waals surface area contributed by atoms with Crippen molar-refractivity contribution in [2.24, 2.45) is 0 Å². The number of nitrogens with zero attached hydrogens (tertiary/aromatic N) is 4. The van der Waals surface area contributed by atoms with E-state index in [9.17, 15) is 4.79 Å². The molecule has 0 aliphatic carbocycles. The van der Waals surface area contributed by atoms with Crippen LogP contribution in [0.2, 0.25) is 0 Å². The Morgan fingerprint density at radius 3 is 2.47 bits per heavy atom. The van der Waals surface area contributed by atoms with Crippen molar-refractivity contribution in [2.75, 3.05) is 51.1 Å². The lowest BCUT2D eigenvalue weighted by atomic mass is 10.2. The Labute approximate surface area is 192 Å². The molecule has 0 unspecified atom stereocenters. The molecule has 32 heavy (non-hydrogen) atoms. The van der Waals surface area contributed by atoms with Crippen molar-refractivity contribution in [3.05, 3.63) is 66.5 Å². The van der Waals surface area contributed by atoms with Crippen LogP contribution in [0.3, 0.4) is 0 Å². The molecule has 1 fully saturated rings. The lowest BCUT2D eigenvalue weighted by molar-refractivity contribution is -0.127. The number of ether oxygens (including phenoxy) is 2. The summed E-state index contributed by atoms with van der Waals surface area (Å²) in [5, 5.41) is 0.784. The maximum atomic E-state index is 12.7. The van der Waals surface area contributed by atoms with Gasteiger partial charge in [-0.3, -0.25) is 9.36 Å². The second-order valence-corrected chi connectivity index (χ2v) is 8.52. The Morgan fingerprint density at radius 2 is 1.78 bits per heavy atom. The summed E-state index contributed by atoms with van der Waals surface area (Å²) in [5.41, 5.74) is 3.29. The number of hydrogen-bond donors (Lipinski definition) is 0. The van der Waals surface area contributed by atoms with Crippen LogP contribution in [0.25, 0.3) is 5.69 Å². The number of carbonyl (C=O) groups excluding carboxylic acids is 1. The van der Waals surface area contributed by atoms with Gasteiger partial charge in [0, 0.05) is 50.5 Å². The number of thioether (sulfide) groups is 1. The third-order valence-electron chi connectivity index (χ3n) is 5.44. The van der Waals surface area contributed by atoms with Crippen molar-refractivity contribution in [1.29, 1.82) is 0 Å². The zero-order valence-corrected chi connectivity index (χ0v) is 19.3. The van der Waals surface area contributed by atoms with E-state index in [4.69, 9.17) is 9.47 Å². The van der Waals surface area contributed by atoms with E-state index in [1.54, 1.807) is 18.2 Å². The number of carbonyl (C=O) groups is 1. The number of hydrogen-bond acceptors (Lipinski definition) is 6. The number of imidazole rings is 1. The molecule has 2 heterocycles. The lowest BCUT2D eigenvalue weighted by Gasteiger charge is -2.29. The van der Waals surface area contributed by atoms with E-state index in [1.807, 2.05) is 42.1 Å². The summed E-state index contributed by atoms with van der Waals surface area (Å²) < 4.78 is 12.6. The minimum Gasteiger partial charge on any atom is -0.497 e. The first-order chi connectivity index (χ1) is 15.6. The second kappa shape index (κ2) is 10.6. The van der Waals surface area contributed by atoms with Gasteiger partial charge in [0.05, 0.1) is 26.1 Å². The summed E-state index contributed by atoms with van der Waals surface area (Å²) in [7, 11) is 3.49. The van der Waals surface area contributed by atoms with Crippen LogP contribution in [-0.2, 0) is 16.1 Å². The molecule has 0 radical (unpaired) electrons. The fourth-order valence-corrected chi connectivity index (χ4v) is 4.48. The number of aromatic nitrogens is 2. The van der Waals surface area contributed by atoms with Crippen LogP contribution in [0.5, 0.6) is 5.75 Å². The van der Waals surface area contributed by atoms with Gasteiger partial charge in [-0.05, 0) is 42.0 Å². The Hall–Kier alpha value is -2.97. The molecule has 1 amide bonds. The molecular weight excluding hydrogens is 424 g/mol. The maximum Gasteiger partial charge on any atom is 0.233 e. The van der Waals surface area contributed by atoms with Crippen LogP contribution < -0.4 is 9.64 Å². The quantitative estimate of drug-likeness (QED) is 0.488. The van der Waals surface area contributed by atoms with Gasteiger partial charge in [0.15, 0.2) is 5.16 Å². The Kier molecular flexibility index (Phi) is 7.34. The van der Waals surface area contributed by atoms with Crippen molar-refractivity contribution in [3.8, 4) is 11.4 Å². The second-order valence-electron chi connectivity index (χ2n) is 7.58. The number of rotatable bonds is 8. The van der Waals surface area contributed by atoms with Gasteiger partial charge in [0.25, 0.3) is 0 Å². The minimum atomic E-state index is 0.0662. The summed E-state index contributed by atoms with van der Waals surface area (Å²) >= 11 is 1.44. The largest absolute Gasteiger partial charge is 0.497 e. The van der Waals surface area contributed by atoms with E-state index in [-0.39, 0.29) is 5.91 Å². The molecule has 0 N–H and O–H groups in total. The van der Waals surface area contributed by atoms with E-state index in [0.717, 1.165) is 48.5 Å². The first-order valence-electron chi connectivity index (χ1n) is 10.6. The molecule has 0 bridgehead atoms. The SMILES string of the molecule is COc1ccc(-n2ccnc2SCC(=O)N(C)Cc2ccc(N3CCOCC3)cc2)cc1. The van der Waals surface area contributed by atoms with Crippen LogP contribution in [0.4, 0.5) is 5.69 Å². The molecule has 2 aromatic carbocycles. The van der Waals surface area contributed by atoms with E-state index in [1.165, 1.54) is 17.4 Å². The third kappa shape index (κ3) is 5.44. The molecule has 0 atom stereocenters. The first kappa shape index (κ1) is 22.2. The molecule has 0 spiro atoms. The van der Waals surface area contributed by atoms with Crippen molar-refractivity contribution >= 4 is 23.4 Å². The predicted octanol–water partition coefficient (Wildman–Crippen LogP) is 3.47. The Morgan fingerprint density at radius 1 is 1.09 bits per heavy atom. The van der Waals surface area contributed by atoms with Gasteiger partial charge in [0.1, 0.15) is 5.75 Å². The number of methoxy groups -OCH3 is 1. The molecule has 4 rings (SSSR count). The number of benzene rings is 2. The maximum absolute atomic E-state index is 12.7. The van der Waals surface area contributed by atoms with Crippen LogP contribution in [0, 0.1) is 0 Å². The van der Waals surface area contributed by atoms with Gasteiger partial charge in [-0.2, -0.15) is 0 Å². The highest BCUT2D eigenvalue weighted by atomic mass is 32.2. The highest BCUT2D eigenvalue weighted by Crippen LogP contribution is 2.23. The summed E-state index contributed by atoms with van der Waals surface area (Å²) in [5.74, 6) is 1.20. The highest BCUT2D eigenvalue weighted by Gasteiger charge is 2.14. The monoisotopic (exact) mass is 452 g/mol. The molecule has 8 heteroatoms. The van der Waals surface area contributed by atoms with Crippen molar-refractivity contribution in [3.63, 3.8) is 0 Å². The zero-order valence-electron chi connectivity index (χ0n) is 18.4. The Balaban J connectivity index is 1.31. The van der Waals surface area contributed by atoms with Gasteiger partial charge in [-0.1, -0.05) is 23.9 Å². The molecular formula is C24H28N4O3S. The summed E-state index contributed by atoms with van der Waals surface area (Å²) in [4.78, 5) is 21.2. The fraction of sp³-hybridized carbons (Fsp3) is 0.333. The van der Waals surface area contributed by atoms with Crippen LogP contribution in [0.15, 0.2) is 66.1 Å². The van der Waals surface area contributed by atoms with Crippen molar-refractivity contribution in [2.45, 2.75) is 11.7 Å². The molecule has 1 aliphatic heterocycles. The minimum absolute atomic E-state index is 0.0662. The smallest absolute Gasteiger partial charge is 0.233 e. The normalized spacial score (nSPS) is 13.8. The molecule has 168 valence electrons. The fourth-order valence-electron chi connectivity index (χ4n) is 3.57. The summed E-state index contributed by atoms with van der Waals surface area (Å²) in [6.45, 7) is 3.96. The Bertz CT molecular complexity index is 1010. The molecule has 7 nitrogen and oxygen atoms in total. The standard InChI is InChI=1S/C24H28N4O3S/c1-26(17-19-3-5-20(6-4-19)27-13-15-31-16-14-27)23(29)18-32-24-25-11-12-28(24)21-7-9-22(30-2)10-8-21/h3-12H,13-18H2,1-2H3.